The molecule has 0 radical (unpaired) electrons. The molecule has 0 aliphatic heterocycles. The molecule has 0 bridgehead atoms. The molecule has 0 aromatic heterocycles. The molecular formula is C16H27NO2. The maximum absolute atomic E-state index is 12.2. The molecule has 2 aliphatic carbocycles. The second-order valence-corrected chi connectivity index (χ2v) is 7.10. The lowest BCUT2D eigenvalue weighted by atomic mass is 9.73. The zero-order valence-corrected chi connectivity index (χ0v) is 12.5. The Balaban J connectivity index is 2.03. The number of aliphatic hydroxyl groups excluding tert-OH is 1. The number of carbonyl (C=O) groups excluding carboxylic acids is 1. The Hall–Kier alpha value is -0.830. The predicted octanol–water partition coefficient (Wildman–Crippen LogP) is 2.79. The fourth-order valence-corrected chi connectivity index (χ4v) is 3.12. The minimum absolute atomic E-state index is 0.0238. The molecule has 2 saturated carbocycles. The van der Waals surface area contributed by atoms with Crippen LogP contribution < -0.4 is 5.32 Å². The van der Waals surface area contributed by atoms with E-state index in [0.29, 0.717) is 5.92 Å². The molecule has 3 heteroatoms. The molecule has 0 saturated heterocycles. The molecule has 0 aromatic rings. The van der Waals surface area contributed by atoms with Crippen molar-refractivity contribution in [2.24, 2.45) is 11.3 Å². The van der Waals surface area contributed by atoms with Gasteiger partial charge in [-0.1, -0.05) is 25.8 Å². The molecule has 2 N–H and O–H groups in total. The molecule has 3 nitrogen and oxygen atoms in total. The second-order valence-electron chi connectivity index (χ2n) is 7.10. The Labute approximate surface area is 116 Å². The van der Waals surface area contributed by atoms with Crippen LogP contribution in [0.2, 0.25) is 0 Å². The van der Waals surface area contributed by atoms with Crippen LogP contribution in [-0.4, -0.2) is 23.2 Å². The van der Waals surface area contributed by atoms with Gasteiger partial charge in [-0.25, -0.2) is 0 Å². The van der Waals surface area contributed by atoms with Gasteiger partial charge in [-0.15, -0.1) is 0 Å². The van der Waals surface area contributed by atoms with Gasteiger partial charge in [-0.3, -0.25) is 4.79 Å². The molecule has 2 fully saturated rings. The molecule has 2 rings (SSSR count). The summed E-state index contributed by atoms with van der Waals surface area (Å²) in [5.41, 5.74) is 0.963. The number of hydrogen-bond donors (Lipinski definition) is 2. The molecule has 0 aromatic carbocycles. The minimum Gasteiger partial charge on any atom is -0.394 e. The van der Waals surface area contributed by atoms with Crippen molar-refractivity contribution >= 4 is 5.91 Å². The summed E-state index contributed by atoms with van der Waals surface area (Å²) in [4.78, 5) is 12.2. The van der Waals surface area contributed by atoms with Crippen LogP contribution in [0.4, 0.5) is 0 Å². The first-order valence-corrected chi connectivity index (χ1v) is 7.51. The Morgan fingerprint density at radius 2 is 2.16 bits per heavy atom. The summed E-state index contributed by atoms with van der Waals surface area (Å²) in [7, 11) is 0. The highest BCUT2D eigenvalue weighted by atomic mass is 16.3. The smallest absolute Gasteiger partial charge is 0.244 e. The van der Waals surface area contributed by atoms with Crippen LogP contribution in [0.15, 0.2) is 11.6 Å². The Morgan fingerprint density at radius 1 is 1.47 bits per heavy atom. The van der Waals surface area contributed by atoms with Gasteiger partial charge in [-0.2, -0.15) is 0 Å². The third kappa shape index (κ3) is 3.38. The van der Waals surface area contributed by atoms with E-state index >= 15 is 0 Å². The number of amides is 1. The lowest BCUT2D eigenvalue weighted by molar-refractivity contribution is -0.119. The van der Waals surface area contributed by atoms with Gasteiger partial charge < -0.3 is 10.4 Å². The zero-order valence-electron chi connectivity index (χ0n) is 12.5. The third-order valence-electron chi connectivity index (χ3n) is 4.89. The minimum atomic E-state index is -0.438. The molecule has 1 unspecified atom stereocenters. The summed E-state index contributed by atoms with van der Waals surface area (Å²) < 4.78 is 0. The van der Waals surface area contributed by atoms with Crippen LogP contribution in [-0.2, 0) is 4.79 Å². The summed E-state index contributed by atoms with van der Waals surface area (Å²) in [5.74, 6) is 0.410. The largest absolute Gasteiger partial charge is 0.394 e. The van der Waals surface area contributed by atoms with Crippen LogP contribution in [0, 0.1) is 11.3 Å². The van der Waals surface area contributed by atoms with Crippen LogP contribution in [0.3, 0.4) is 0 Å². The van der Waals surface area contributed by atoms with Crippen LogP contribution in [0.25, 0.3) is 0 Å². The summed E-state index contributed by atoms with van der Waals surface area (Å²) in [6, 6.07) is 0. The van der Waals surface area contributed by atoms with E-state index in [-0.39, 0.29) is 17.9 Å². The Morgan fingerprint density at radius 3 is 2.68 bits per heavy atom. The van der Waals surface area contributed by atoms with Crippen molar-refractivity contribution in [2.45, 2.75) is 64.8 Å². The first-order valence-electron chi connectivity index (χ1n) is 7.51. The van der Waals surface area contributed by atoms with E-state index in [9.17, 15) is 9.90 Å². The first kappa shape index (κ1) is 14.6. The van der Waals surface area contributed by atoms with E-state index in [0.717, 1.165) is 25.7 Å². The number of hydrogen-bond acceptors (Lipinski definition) is 2. The van der Waals surface area contributed by atoms with Crippen LogP contribution >= 0.6 is 0 Å². The lowest BCUT2D eigenvalue weighted by Gasteiger charge is -2.33. The molecule has 108 valence electrons. The highest BCUT2D eigenvalue weighted by Crippen LogP contribution is 2.41. The van der Waals surface area contributed by atoms with Gasteiger partial charge in [-0.05, 0) is 50.4 Å². The standard InChI is InChI=1S/C16H27NO2/c1-15(2)9-5-4-6-13(15)10-14(19)17-16(3,11-18)12-7-8-12/h10,12,18H,4-9,11H2,1-3H3,(H,17,19)/b13-10-. The van der Waals surface area contributed by atoms with Gasteiger partial charge in [0.25, 0.3) is 0 Å². The van der Waals surface area contributed by atoms with E-state index in [2.05, 4.69) is 19.2 Å². The topological polar surface area (TPSA) is 49.3 Å². The monoisotopic (exact) mass is 265 g/mol. The molecule has 1 atom stereocenters. The Kier molecular flexibility index (Phi) is 4.05. The number of allylic oxidation sites excluding steroid dienone is 1. The van der Waals surface area contributed by atoms with E-state index in [1.165, 1.54) is 18.4 Å². The summed E-state index contributed by atoms with van der Waals surface area (Å²) in [6.07, 6.45) is 8.63. The fraction of sp³-hybridized carbons (Fsp3) is 0.812. The summed E-state index contributed by atoms with van der Waals surface area (Å²) in [6.45, 7) is 6.41. The summed E-state index contributed by atoms with van der Waals surface area (Å²) >= 11 is 0. The Bertz CT molecular complexity index is 382. The average Bonchev–Trinajstić information content (AvgIpc) is 3.16. The quantitative estimate of drug-likeness (QED) is 0.768. The normalized spacial score (nSPS) is 27.9. The maximum atomic E-state index is 12.2. The van der Waals surface area contributed by atoms with Crippen LogP contribution in [0.5, 0.6) is 0 Å². The van der Waals surface area contributed by atoms with Gasteiger partial charge >= 0.3 is 0 Å². The van der Waals surface area contributed by atoms with Crippen molar-refractivity contribution < 1.29 is 9.90 Å². The highest BCUT2D eigenvalue weighted by Gasteiger charge is 2.42. The van der Waals surface area contributed by atoms with Crippen molar-refractivity contribution in [1.29, 1.82) is 0 Å². The number of rotatable bonds is 4. The molecule has 1 amide bonds. The van der Waals surface area contributed by atoms with Crippen molar-refractivity contribution in [3.8, 4) is 0 Å². The average molecular weight is 265 g/mol. The molecule has 2 aliphatic rings. The van der Waals surface area contributed by atoms with Crippen molar-refractivity contribution in [2.75, 3.05) is 6.61 Å². The van der Waals surface area contributed by atoms with Gasteiger partial charge in [0.05, 0.1) is 12.1 Å². The predicted molar refractivity (Wildman–Crippen MR) is 76.7 cm³/mol. The number of nitrogens with one attached hydrogen (secondary N) is 1. The zero-order chi connectivity index (χ0) is 14.1. The van der Waals surface area contributed by atoms with Gasteiger partial charge in [0.1, 0.15) is 0 Å². The fourth-order valence-electron chi connectivity index (χ4n) is 3.12. The van der Waals surface area contributed by atoms with E-state index in [4.69, 9.17) is 0 Å². The van der Waals surface area contributed by atoms with Crippen LogP contribution in [0.1, 0.15) is 59.3 Å². The van der Waals surface area contributed by atoms with Crippen molar-refractivity contribution in [1.82, 2.24) is 5.32 Å². The molecule has 0 spiro atoms. The maximum Gasteiger partial charge on any atom is 0.244 e. The third-order valence-corrected chi connectivity index (χ3v) is 4.89. The summed E-state index contributed by atoms with van der Waals surface area (Å²) in [5, 5.41) is 12.5. The second kappa shape index (κ2) is 5.28. The molecule has 0 heterocycles. The molecule has 19 heavy (non-hydrogen) atoms. The van der Waals surface area contributed by atoms with Crippen molar-refractivity contribution in [3.63, 3.8) is 0 Å². The molecular weight excluding hydrogens is 238 g/mol. The first-order chi connectivity index (χ1) is 8.87. The van der Waals surface area contributed by atoms with Gasteiger partial charge in [0, 0.05) is 6.08 Å². The number of carbonyl (C=O) groups is 1. The van der Waals surface area contributed by atoms with E-state index in [1.807, 2.05) is 6.92 Å². The van der Waals surface area contributed by atoms with E-state index < -0.39 is 5.54 Å². The van der Waals surface area contributed by atoms with Crippen molar-refractivity contribution in [3.05, 3.63) is 11.6 Å². The number of aliphatic hydroxyl groups is 1. The van der Waals surface area contributed by atoms with Gasteiger partial charge in [0.2, 0.25) is 5.91 Å². The van der Waals surface area contributed by atoms with Gasteiger partial charge in [0.15, 0.2) is 0 Å². The SMILES string of the molecule is CC1(C)CCCC/C1=C/C(=O)NC(C)(CO)C1CC1. The lowest BCUT2D eigenvalue weighted by Crippen LogP contribution is -2.50. The highest BCUT2D eigenvalue weighted by molar-refractivity contribution is 5.89. The van der Waals surface area contributed by atoms with E-state index in [1.54, 1.807) is 6.08 Å².